The Morgan fingerprint density at radius 2 is 1.66 bits per heavy atom. The van der Waals surface area contributed by atoms with Crippen molar-refractivity contribution in [1.82, 2.24) is 10.2 Å². The smallest absolute Gasteiger partial charge is 0.194 e. The fourth-order valence-electron chi connectivity index (χ4n) is 4.22. The quantitative estimate of drug-likeness (QED) is 0.349. The average molecular weight is 552 g/mol. The van der Waals surface area contributed by atoms with E-state index in [1.807, 2.05) is 7.05 Å². The maximum absolute atomic E-state index is 5.48. The second-order valence-electron chi connectivity index (χ2n) is 7.81. The van der Waals surface area contributed by atoms with Crippen molar-refractivity contribution in [1.29, 1.82) is 0 Å². The van der Waals surface area contributed by atoms with Gasteiger partial charge in [-0.15, -0.1) is 24.0 Å². The monoisotopic (exact) mass is 552 g/mol. The van der Waals surface area contributed by atoms with Gasteiger partial charge in [0.1, 0.15) is 0 Å². The highest BCUT2D eigenvalue weighted by molar-refractivity contribution is 14.0. The summed E-state index contributed by atoms with van der Waals surface area (Å²) in [6.45, 7) is 5.97. The third kappa shape index (κ3) is 5.58. The average Bonchev–Trinajstić information content (AvgIpc) is 2.84. The summed E-state index contributed by atoms with van der Waals surface area (Å²) < 4.78 is 16.4. The highest BCUT2D eigenvalue weighted by atomic mass is 127. The highest BCUT2D eigenvalue weighted by Gasteiger charge is 2.21. The number of nitrogens with zero attached hydrogens (tertiary/aromatic N) is 3. The molecule has 1 fully saturated rings. The number of anilines is 1. The minimum absolute atomic E-state index is 0. The van der Waals surface area contributed by atoms with Crippen LogP contribution in [0.2, 0.25) is 0 Å². The molecule has 7 nitrogen and oxygen atoms in total. The van der Waals surface area contributed by atoms with Crippen molar-refractivity contribution in [2.45, 2.75) is 19.5 Å². The molecule has 8 heteroatoms. The van der Waals surface area contributed by atoms with E-state index in [1.54, 1.807) is 14.2 Å². The number of guanidine groups is 1. The molecular weight excluding hydrogens is 519 g/mol. The molecule has 2 heterocycles. The number of hydrogen-bond donors (Lipinski definition) is 1. The van der Waals surface area contributed by atoms with E-state index in [1.165, 1.54) is 22.4 Å². The maximum atomic E-state index is 5.48. The van der Waals surface area contributed by atoms with Crippen molar-refractivity contribution in [2.75, 3.05) is 59.0 Å². The summed E-state index contributed by atoms with van der Waals surface area (Å²) in [4.78, 5) is 9.18. The standard InChI is InChI=1S/C24H32N4O3.HI/c1-25-24(26-16-18-4-6-21(7-5-18)27-10-12-31-13-11-27)28-9-8-19-14-22(29-2)23(30-3)15-20(19)17-28;/h4-7,14-15H,8-13,16-17H2,1-3H3,(H,25,26);1H. The largest absolute Gasteiger partial charge is 0.493 e. The molecule has 0 unspecified atom stereocenters. The molecule has 4 rings (SSSR count). The van der Waals surface area contributed by atoms with Crippen molar-refractivity contribution < 1.29 is 14.2 Å². The van der Waals surface area contributed by atoms with Crippen LogP contribution in [0, 0.1) is 0 Å². The highest BCUT2D eigenvalue weighted by Crippen LogP contribution is 2.33. The number of benzene rings is 2. The first-order valence-electron chi connectivity index (χ1n) is 10.8. The second-order valence-corrected chi connectivity index (χ2v) is 7.81. The third-order valence-corrected chi connectivity index (χ3v) is 5.99. The fourth-order valence-corrected chi connectivity index (χ4v) is 4.22. The Hall–Kier alpha value is -2.20. The summed E-state index contributed by atoms with van der Waals surface area (Å²) in [5.74, 6) is 2.47. The minimum Gasteiger partial charge on any atom is -0.493 e. The molecule has 0 radical (unpaired) electrons. The maximum Gasteiger partial charge on any atom is 0.194 e. The van der Waals surface area contributed by atoms with Crippen LogP contribution in [0.15, 0.2) is 41.4 Å². The van der Waals surface area contributed by atoms with Crippen LogP contribution in [0.5, 0.6) is 11.5 Å². The first-order chi connectivity index (χ1) is 15.2. The Morgan fingerprint density at radius 3 is 2.28 bits per heavy atom. The molecule has 174 valence electrons. The molecule has 0 aromatic heterocycles. The second kappa shape index (κ2) is 11.6. The van der Waals surface area contributed by atoms with Crippen LogP contribution in [0.1, 0.15) is 16.7 Å². The molecule has 2 aliphatic rings. The Balaban J connectivity index is 0.00000289. The Labute approximate surface area is 207 Å². The predicted octanol–water partition coefficient (Wildman–Crippen LogP) is 3.29. The molecule has 1 saturated heterocycles. The number of methoxy groups -OCH3 is 2. The summed E-state index contributed by atoms with van der Waals surface area (Å²) in [5, 5.41) is 3.52. The molecule has 2 aromatic rings. The summed E-state index contributed by atoms with van der Waals surface area (Å²) in [6.07, 6.45) is 0.949. The number of ether oxygens (including phenoxy) is 3. The van der Waals surface area contributed by atoms with Gasteiger partial charge in [-0.2, -0.15) is 0 Å². The number of fused-ring (bicyclic) bond motifs is 1. The minimum atomic E-state index is 0. The molecule has 32 heavy (non-hydrogen) atoms. The van der Waals surface area contributed by atoms with Crippen LogP contribution < -0.4 is 19.7 Å². The zero-order valence-corrected chi connectivity index (χ0v) is 21.4. The molecule has 0 amide bonds. The van der Waals surface area contributed by atoms with Crippen LogP contribution in [0.25, 0.3) is 0 Å². The molecule has 2 aliphatic heterocycles. The lowest BCUT2D eigenvalue weighted by Gasteiger charge is -2.32. The molecule has 0 saturated carbocycles. The molecule has 0 aliphatic carbocycles. The third-order valence-electron chi connectivity index (χ3n) is 5.99. The Morgan fingerprint density at radius 1 is 1.00 bits per heavy atom. The van der Waals surface area contributed by atoms with Crippen molar-refractivity contribution >= 4 is 35.6 Å². The van der Waals surface area contributed by atoms with Gasteiger partial charge < -0.3 is 29.3 Å². The SMILES string of the molecule is CN=C(NCc1ccc(N2CCOCC2)cc1)N1CCc2cc(OC)c(OC)cc2C1.I. The lowest BCUT2D eigenvalue weighted by atomic mass is 9.99. The van der Waals surface area contributed by atoms with Crippen LogP contribution >= 0.6 is 24.0 Å². The van der Waals surface area contributed by atoms with Gasteiger partial charge in [0, 0.05) is 45.5 Å². The zero-order chi connectivity index (χ0) is 21.6. The molecule has 0 spiro atoms. The number of nitrogens with one attached hydrogen (secondary N) is 1. The Bertz CT molecular complexity index is 914. The van der Waals surface area contributed by atoms with Crippen LogP contribution in [-0.4, -0.2) is 65.0 Å². The lowest BCUT2D eigenvalue weighted by molar-refractivity contribution is 0.122. The van der Waals surface area contributed by atoms with Gasteiger partial charge in [-0.1, -0.05) is 12.1 Å². The molecular formula is C24H33IN4O3. The molecule has 0 atom stereocenters. The first-order valence-corrected chi connectivity index (χ1v) is 10.8. The van der Waals surface area contributed by atoms with E-state index in [0.717, 1.165) is 69.8 Å². The van der Waals surface area contributed by atoms with Crippen molar-refractivity contribution in [3.05, 3.63) is 53.1 Å². The van der Waals surface area contributed by atoms with E-state index in [0.29, 0.717) is 0 Å². The normalized spacial score (nSPS) is 16.2. The van der Waals surface area contributed by atoms with Gasteiger partial charge >= 0.3 is 0 Å². The number of halogens is 1. The van der Waals surface area contributed by atoms with Crippen LogP contribution in [-0.2, 0) is 24.2 Å². The van der Waals surface area contributed by atoms with E-state index >= 15 is 0 Å². The van der Waals surface area contributed by atoms with Crippen molar-refractivity contribution in [3.8, 4) is 11.5 Å². The van der Waals surface area contributed by atoms with Gasteiger partial charge in [0.2, 0.25) is 0 Å². The van der Waals surface area contributed by atoms with E-state index in [9.17, 15) is 0 Å². The van der Waals surface area contributed by atoms with E-state index in [4.69, 9.17) is 14.2 Å². The first kappa shape index (κ1) is 24.4. The molecule has 2 aromatic carbocycles. The molecule has 1 N–H and O–H groups in total. The fraction of sp³-hybridized carbons (Fsp3) is 0.458. The Kier molecular flexibility index (Phi) is 8.86. The topological polar surface area (TPSA) is 58.6 Å². The van der Waals surface area contributed by atoms with E-state index < -0.39 is 0 Å². The van der Waals surface area contributed by atoms with Crippen LogP contribution in [0.3, 0.4) is 0 Å². The predicted molar refractivity (Wildman–Crippen MR) is 139 cm³/mol. The van der Waals surface area contributed by atoms with E-state index in [2.05, 4.69) is 56.5 Å². The lowest BCUT2D eigenvalue weighted by Crippen LogP contribution is -2.43. The number of hydrogen-bond acceptors (Lipinski definition) is 5. The summed E-state index contributed by atoms with van der Waals surface area (Å²) >= 11 is 0. The van der Waals surface area contributed by atoms with Gasteiger partial charge in [-0.3, -0.25) is 4.99 Å². The van der Waals surface area contributed by atoms with Gasteiger partial charge in [-0.05, 0) is 47.4 Å². The van der Waals surface area contributed by atoms with Gasteiger partial charge in [-0.25, -0.2) is 0 Å². The van der Waals surface area contributed by atoms with Gasteiger partial charge in [0.15, 0.2) is 17.5 Å². The number of aliphatic imine (C=N–C) groups is 1. The van der Waals surface area contributed by atoms with Gasteiger partial charge in [0.05, 0.1) is 27.4 Å². The summed E-state index contributed by atoms with van der Waals surface area (Å²) in [7, 11) is 5.20. The zero-order valence-electron chi connectivity index (χ0n) is 19.1. The van der Waals surface area contributed by atoms with Crippen molar-refractivity contribution in [3.63, 3.8) is 0 Å². The van der Waals surface area contributed by atoms with Crippen LogP contribution in [0.4, 0.5) is 5.69 Å². The van der Waals surface area contributed by atoms with Gasteiger partial charge in [0.25, 0.3) is 0 Å². The molecule has 0 bridgehead atoms. The number of rotatable bonds is 5. The summed E-state index contributed by atoms with van der Waals surface area (Å²) in [6, 6.07) is 12.9. The summed E-state index contributed by atoms with van der Waals surface area (Å²) in [5.41, 5.74) is 5.06. The van der Waals surface area contributed by atoms with Crippen molar-refractivity contribution in [2.24, 2.45) is 4.99 Å². The number of morpholine rings is 1. The van der Waals surface area contributed by atoms with E-state index in [-0.39, 0.29) is 24.0 Å².